The van der Waals surface area contributed by atoms with Crippen LogP contribution >= 0.6 is 0 Å². The number of nitrogens with one attached hydrogen (secondary N) is 1. The van der Waals surface area contributed by atoms with Crippen LogP contribution in [0.4, 0.5) is 0 Å². The van der Waals surface area contributed by atoms with Gasteiger partial charge in [0.25, 0.3) is 0 Å². The molecule has 4 heteroatoms. The molecule has 0 aliphatic rings. The molecular formula is C16H25N3O. The van der Waals surface area contributed by atoms with Crippen molar-refractivity contribution in [2.75, 3.05) is 19.8 Å². The monoisotopic (exact) mass is 275 g/mol. The number of aryl methyl sites for hydroxylation is 1. The highest BCUT2D eigenvalue weighted by Gasteiger charge is 2.13. The molecule has 0 saturated heterocycles. The molecule has 0 fully saturated rings. The van der Waals surface area contributed by atoms with Crippen molar-refractivity contribution >= 4 is 11.0 Å². The van der Waals surface area contributed by atoms with E-state index in [0.29, 0.717) is 0 Å². The van der Waals surface area contributed by atoms with Crippen LogP contribution < -0.4 is 5.32 Å². The van der Waals surface area contributed by atoms with Gasteiger partial charge in [-0.15, -0.1) is 0 Å². The first-order chi connectivity index (χ1) is 9.74. The zero-order chi connectivity index (χ0) is 14.4. The molecule has 0 amide bonds. The molecule has 0 saturated carbocycles. The van der Waals surface area contributed by atoms with Crippen LogP contribution in [0.25, 0.3) is 11.0 Å². The summed E-state index contributed by atoms with van der Waals surface area (Å²) >= 11 is 0. The van der Waals surface area contributed by atoms with Gasteiger partial charge in [-0.05, 0) is 38.4 Å². The van der Waals surface area contributed by atoms with Gasteiger partial charge in [0.05, 0.1) is 17.1 Å². The zero-order valence-corrected chi connectivity index (χ0v) is 12.7. The van der Waals surface area contributed by atoms with E-state index in [1.807, 2.05) is 6.07 Å². The third-order valence-electron chi connectivity index (χ3n) is 3.47. The van der Waals surface area contributed by atoms with Crippen LogP contribution in [0, 0.1) is 0 Å². The number of ether oxygens (including phenoxy) is 1. The largest absolute Gasteiger partial charge is 0.381 e. The third-order valence-corrected chi connectivity index (χ3v) is 3.47. The second-order valence-electron chi connectivity index (χ2n) is 5.16. The van der Waals surface area contributed by atoms with Crippen molar-refractivity contribution in [2.24, 2.45) is 7.05 Å². The molecular weight excluding hydrogens is 250 g/mol. The SMILES string of the molecule is CCCOCCCNC(C)c1nc2ccccc2n1C. The molecule has 20 heavy (non-hydrogen) atoms. The molecule has 0 aliphatic carbocycles. The maximum Gasteiger partial charge on any atom is 0.126 e. The Kier molecular flexibility index (Phi) is 5.56. The van der Waals surface area contributed by atoms with Crippen molar-refractivity contribution < 1.29 is 4.74 Å². The molecule has 1 aromatic heterocycles. The molecule has 2 aromatic rings. The van der Waals surface area contributed by atoms with Gasteiger partial charge in [-0.3, -0.25) is 0 Å². The van der Waals surface area contributed by atoms with Crippen LogP contribution in [0.3, 0.4) is 0 Å². The van der Waals surface area contributed by atoms with E-state index in [-0.39, 0.29) is 6.04 Å². The van der Waals surface area contributed by atoms with E-state index in [1.165, 1.54) is 5.52 Å². The number of nitrogens with zero attached hydrogens (tertiary/aromatic N) is 2. The van der Waals surface area contributed by atoms with Crippen LogP contribution in [0.5, 0.6) is 0 Å². The maximum atomic E-state index is 5.48. The van der Waals surface area contributed by atoms with E-state index in [0.717, 1.165) is 43.9 Å². The van der Waals surface area contributed by atoms with Crippen molar-refractivity contribution in [2.45, 2.75) is 32.7 Å². The minimum atomic E-state index is 0.249. The molecule has 110 valence electrons. The van der Waals surface area contributed by atoms with Gasteiger partial charge in [-0.2, -0.15) is 0 Å². The number of hydrogen-bond acceptors (Lipinski definition) is 3. The summed E-state index contributed by atoms with van der Waals surface area (Å²) in [5.41, 5.74) is 2.24. The zero-order valence-electron chi connectivity index (χ0n) is 12.7. The fourth-order valence-electron chi connectivity index (χ4n) is 2.38. The normalized spacial score (nSPS) is 12.9. The molecule has 0 aliphatic heterocycles. The van der Waals surface area contributed by atoms with Gasteiger partial charge in [-0.25, -0.2) is 4.98 Å². The Balaban J connectivity index is 1.88. The number of para-hydroxylation sites is 2. The summed E-state index contributed by atoms with van der Waals surface area (Å²) in [7, 11) is 2.08. The predicted octanol–water partition coefficient (Wildman–Crippen LogP) is 3.04. The number of hydrogen-bond donors (Lipinski definition) is 1. The number of rotatable bonds is 8. The fourth-order valence-corrected chi connectivity index (χ4v) is 2.38. The molecule has 1 unspecified atom stereocenters. The highest BCUT2D eigenvalue weighted by atomic mass is 16.5. The molecule has 1 N–H and O–H groups in total. The van der Waals surface area contributed by atoms with Crippen LogP contribution in [0.2, 0.25) is 0 Å². The first kappa shape index (κ1) is 15.0. The Morgan fingerprint density at radius 3 is 2.85 bits per heavy atom. The molecule has 0 bridgehead atoms. The summed E-state index contributed by atoms with van der Waals surface area (Å²) < 4.78 is 7.65. The summed E-state index contributed by atoms with van der Waals surface area (Å²) in [5.74, 6) is 1.08. The topological polar surface area (TPSA) is 39.1 Å². The van der Waals surface area contributed by atoms with Gasteiger partial charge in [0.1, 0.15) is 5.82 Å². The molecule has 2 rings (SSSR count). The molecule has 0 spiro atoms. The number of benzene rings is 1. The number of aromatic nitrogens is 2. The molecule has 1 atom stereocenters. The standard InChI is InChI=1S/C16H25N3O/c1-4-11-20-12-7-10-17-13(2)16-18-14-8-5-6-9-15(14)19(16)3/h5-6,8-9,13,17H,4,7,10-12H2,1-3H3. The van der Waals surface area contributed by atoms with Crippen LogP contribution in [-0.4, -0.2) is 29.3 Å². The summed E-state index contributed by atoms with van der Waals surface area (Å²) in [5, 5.41) is 3.51. The first-order valence-corrected chi connectivity index (χ1v) is 7.46. The van der Waals surface area contributed by atoms with Gasteiger partial charge < -0.3 is 14.6 Å². The van der Waals surface area contributed by atoms with Crippen molar-refractivity contribution in [3.63, 3.8) is 0 Å². The van der Waals surface area contributed by atoms with E-state index in [1.54, 1.807) is 0 Å². The molecule has 1 aromatic carbocycles. The van der Waals surface area contributed by atoms with Gasteiger partial charge in [-0.1, -0.05) is 19.1 Å². The average Bonchev–Trinajstić information content (AvgIpc) is 2.80. The summed E-state index contributed by atoms with van der Waals surface area (Å²) in [4.78, 5) is 4.71. The average molecular weight is 275 g/mol. The van der Waals surface area contributed by atoms with Crippen LogP contribution in [-0.2, 0) is 11.8 Å². The van der Waals surface area contributed by atoms with E-state index in [4.69, 9.17) is 9.72 Å². The lowest BCUT2D eigenvalue weighted by molar-refractivity contribution is 0.131. The summed E-state index contributed by atoms with van der Waals surface area (Å²) in [6.07, 6.45) is 2.12. The minimum absolute atomic E-state index is 0.249. The number of fused-ring (bicyclic) bond motifs is 1. The van der Waals surface area contributed by atoms with Crippen molar-refractivity contribution in [3.8, 4) is 0 Å². The Morgan fingerprint density at radius 1 is 1.30 bits per heavy atom. The smallest absolute Gasteiger partial charge is 0.126 e. The summed E-state index contributed by atoms with van der Waals surface area (Å²) in [6, 6.07) is 8.50. The van der Waals surface area contributed by atoms with Crippen molar-refractivity contribution in [1.82, 2.24) is 14.9 Å². The Morgan fingerprint density at radius 2 is 2.10 bits per heavy atom. The predicted molar refractivity (Wildman–Crippen MR) is 82.9 cm³/mol. The molecule has 0 radical (unpaired) electrons. The lowest BCUT2D eigenvalue weighted by Crippen LogP contribution is -2.23. The highest BCUT2D eigenvalue weighted by Crippen LogP contribution is 2.18. The third kappa shape index (κ3) is 3.58. The maximum absolute atomic E-state index is 5.48. The van der Waals surface area contributed by atoms with Gasteiger partial charge in [0.2, 0.25) is 0 Å². The van der Waals surface area contributed by atoms with E-state index in [2.05, 4.69) is 49.0 Å². The minimum Gasteiger partial charge on any atom is -0.381 e. The summed E-state index contributed by atoms with van der Waals surface area (Å²) in [6.45, 7) is 6.94. The van der Waals surface area contributed by atoms with Gasteiger partial charge in [0.15, 0.2) is 0 Å². The number of imidazole rings is 1. The van der Waals surface area contributed by atoms with E-state index in [9.17, 15) is 0 Å². The lowest BCUT2D eigenvalue weighted by Gasteiger charge is -2.13. The Labute approximate surface area is 121 Å². The Hall–Kier alpha value is -1.39. The second-order valence-corrected chi connectivity index (χ2v) is 5.16. The van der Waals surface area contributed by atoms with Crippen LogP contribution in [0.1, 0.15) is 38.6 Å². The fraction of sp³-hybridized carbons (Fsp3) is 0.562. The van der Waals surface area contributed by atoms with Gasteiger partial charge in [0, 0.05) is 20.3 Å². The molecule has 4 nitrogen and oxygen atoms in total. The quantitative estimate of drug-likeness (QED) is 0.753. The second kappa shape index (κ2) is 7.41. The lowest BCUT2D eigenvalue weighted by atomic mass is 10.3. The van der Waals surface area contributed by atoms with Crippen LogP contribution in [0.15, 0.2) is 24.3 Å². The van der Waals surface area contributed by atoms with Gasteiger partial charge >= 0.3 is 0 Å². The molecule has 1 heterocycles. The van der Waals surface area contributed by atoms with Crippen molar-refractivity contribution in [3.05, 3.63) is 30.1 Å². The highest BCUT2D eigenvalue weighted by molar-refractivity contribution is 5.75. The van der Waals surface area contributed by atoms with Crippen molar-refractivity contribution in [1.29, 1.82) is 0 Å². The Bertz CT molecular complexity index is 536. The first-order valence-electron chi connectivity index (χ1n) is 7.46. The van der Waals surface area contributed by atoms with E-state index >= 15 is 0 Å². The van der Waals surface area contributed by atoms with E-state index < -0.39 is 0 Å².